The molecule has 0 spiro atoms. The highest BCUT2D eigenvalue weighted by Crippen LogP contribution is 2.20. The van der Waals surface area contributed by atoms with Crippen LogP contribution in [0.25, 0.3) is 0 Å². The first-order valence-electron chi connectivity index (χ1n) is 6.12. The Labute approximate surface area is 118 Å². The lowest BCUT2D eigenvalue weighted by atomic mass is 10.1. The molecule has 2 aromatic rings. The molecular weight excluding hydrogens is 258 g/mol. The second kappa shape index (κ2) is 5.45. The van der Waals surface area contributed by atoms with Gasteiger partial charge in [0.15, 0.2) is 0 Å². The van der Waals surface area contributed by atoms with Gasteiger partial charge in [-0.2, -0.15) is 0 Å². The van der Waals surface area contributed by atoms with Crippen LogP contribution in [0.15, 0.2) is 36.4 Å². The number of nitrogens with one attached hydrogen (secondary N) is 1. The van der Waals surface area contributed by atoms with Crippen LogP contribution in [0.4, 0.5) is 5.69 Å². The van der Waals surface area contributed by atoms with E-state index in [9.17, 15) is 4.79 Å². The molecule has 0 aliphatic rings. The minimum atomic E-state index is -0.0979. The summed E-state index contributed by atoms with van der Waals surface area (Å²) in [6, 6.07) is 11.2. The number of benzene rings is 2. The molecule has 19 heavy (non-hydrogen) atoms. The number of rotatable bonds is 2. The number of hydrogen-bond donors (Lipinski definition) is 1. The summed E-state index contributed by atoms with van der Waals surface area (Å²) in [4.78, 5) is 12.2. The summed E-state index contributed by atoms with van der Waals surface area (Å²) in [7, 11) is 0. The van der Waals surface area contributed by atoms with Gasteiger partial charge in [0.2, 0.25) is 0 Å². The van der Waals surface area contributed by atoms with Crippen LogP contribution in [-0.4, -0.2) is 5.91 Å². The van der Waals surface area contributed by atoms with E-state index in [1.54, 1.807) is 12.1 Å². The molecule has 98 valence electrons. The van der Waals surface area contributed by atoms with Gasteiger partial charge in [-0.3, -0.25) is 4.79 Å². The van der Waals surface area contributed by atoms with Crippen molar-refractivity contribution in [3.05, 3.63) is 63.7 Å². The van der Waals surface area contributed by atoms with E-state index in [4.69, 9.17) is 11.6 Å². The van der Waals surface area contributed by atoms with Gasteiger partial charge < -0.3 is 5.32 Å². The zero-order chi connectivity index (χ0) is 14.0. The summed E-state index contributed by atoms with van der Waals surface area (Å²) in [5, 5.41) is 3.59. The Bertz CT molecular complexity index is 635. The number of carbonyl (C=O) groups is 1. The number of halogens is 1. The van der Waals surface area contributed by atoms with Crippen LogP contribution in [0.3, 0.4) is 0 Å². The summed E-state index contributed by atoms with van der Waals surface area (Å²) >= 11 is 5.96. The Morgan fingerprint density at radius 1 is 1.00 bits per heavy atom. The lowest BCUT2D eigenvalue weighted by Crippen LogP contribution is -2.13. The number of aryl methyl sites for hydroxylation is 3. The van der Waals surface area contributed by atoms with Gasteiger partial charge in [-0.25, -0.2) is 0 Å². The van der Waals surface area contributed by atoms with Gasteiger partial charge in [-0.1, -0.05) is 29.3 Å². The summed E-state index contributed by atoms with van der Waals surface area (Å²) in [5.41, 5.74) is 4.52. The fraction of sp³-hybridized carbons (Fsp3) is 0.188. The maximum absolute atomic E-state index is 12.2. The first kappa shape index (κ1) is 13.6. The van der Waals surface area contributed by atoms with Crippen LogP contribution in [0.1, 0.15) is 27.0 Å². The maximum atomic E-state index is 12.2. The van der Waals surface area contributed by atoms with Gasteiger partial charge in [-0.05, 0) is 56.2 Å². The van der Waals surface area contributed by atoms with Crippen molar-refractivity contribution in [2.24, 2.45) is 0 Å². The Morgan fingerprint density at radius 3 is 2.37 bits per heavy atom. The second-order valence-corrected chi connectivity index (χ2v) is 5.14. The molecule has 0 saturated carbocycles. The largest absolute Gasteiger partial charge is 0.322 e. The van der Waals surface area contributed by atoms with Crippen molar-refractivity contribution in [1.29, 1.82) is 0 Å². The molecule has 2 rings (SSSR count). The van der Waals surface area contributed by atoms with E-state index < -0.39 is 0 Å². The molecule has 2 aromatic carbocycles. The Kier molecular flexibility index (Phi) is 3.91. The molecule has 0 aliphatic heterocycles. The maximum Gasteiger partial charge on any atom is 0.255 e. The predicted molar refractivity (Wildman–Crippen MR) is 80.1 cm³/mol. The molecule has 0 fully saturated rings. The minimum Gasteiger partial charge on any atom is -0.322 e. The molecule has 0 bridgehead atoms. The van der Waals surface area contributed by atoms with Gasteiger partial charge in [-0.15, -0.1) is 0 Å². The zero-order valence-electron chi connectivity index (χ0n) is 11.3. The third-order valence-electron chi connectivity index (χ3n) is 3.04. The van der Waals surface area contributed by atoms with Crippen molar-refractivity contribution in [2.45, 2.75) is 20.8 Å². The summed E-state index contributed by atoms with van der Waals surface area (Å²) in [6.07, 6.45) is 0. The van der Waals surface area contributed by atoms with Gasteiger partial charge in [0.1, 0.15) is 0 Å². The monoisotopic (exact) mass is 273 g/mol. The number of anilines is 1. The first-order valence-corrected chi connectivity index (χ1v) is 6.50. The van der Waals surface area contributed by atoms with Crippen LogP contribution >= 0.6 is 11.6 Å². The van der Waals surface area contributed by atoms with Crippen molar-refractivity contribution in [2.75, 3.05) is 5.32 Å². The third kappa shape index (κ3) is 3.15. The third-order valence-corrected chi connectivity index (χ3v) is 3.47. The minimum absolute atomic E-state index is 0.0979. The fourth-order valence-corrected chi connectivity index (χ4v) is 2.11. The highest BCUT2D eigenvalue weighted by molar-refractivity contribution is 6.31. The van der Waals surface area contributed by atoms with Crippen molar-refractivity contribution in [3.8, 4) is 0 Å². The van der Waals surface area contributed by atoms with Gasteiger partial charge in [0, 0.05) is 16.3 Å². The Balaban J connectivity index is 2.23. The topological polar surface area (TPSA) is 29.1 Å². The molecular formula is C16H16ClNO. The quantitative estimate of drug-likeness (QED) is 0.856. The van der Waals surface area contributed by atoms with Crippen molar-refractivity contribution in [1.82, 2.24) is 0 Å². The van der Waals surface area contributed by atoms with Crippen molar-refractivity contribution >= 4 is 23.2 Å². The molecule has 0 heterocycles. The average molecular weight is 274 g/mol. The zero-order valence-corrected chi connectivity index (χ0v) is 12.0. The predicted octanol–water partition coefficient (Wildman–Crippen LogP) is 4.52. The molecule has 2 nitrogen and oxygen atoms in total. The molecule has 0 radical (unpaired) electrons. The molecule has 0 unspecified atom stereocenters. The van der Waals surface area contributed by atoms with Gasteiger partial charge >= 0.3 is 0 Å². The van der Waals surface area contributed by atoms with E-state index in [1.165, 1.54) is 0 Å². The molecule has 0 saturated heterocycles. The summed E-state index contributed by atoms with van der Waals surface area (Å²) in [6.45, 7) is 5.86. The Morgan fingerprint density at radius 2 is 1.74 bits per heavy atom. The van der Waals surface area contributed by atoms with E-state index in [2.05, 4.69) is 5.32 Å². The molecule has 1 N–H and O–H groups in total. The standard InChI is InChI=1S/C16H16ClNO/c1-10-4-6-14(11(2)8-10)16(19)18-13-5-7-15(17)12(3)9-13/h4-9H,1-3H3,(H,18,19). The molecule has 1 amide bonds. The summed E-state index contributed by atoms with van der Waals surface area (Å²) < 4.78 is 0. The molecule has 3 heteroatoms. The van der Waals surface area contributed by atoms with Crippen molar-refractivity contribution < 1.29 is 4.79 Å². The lowest BCUT2D eigenvalue weighted by Gasteiger charge is -2.09. The van der Waals surface area contributed by atoms with Gasteiger partial charge in [0.25, 0.3) is 5.91 Å². The highest BCUT2D eigenvalue weighted by atomic mass is 35.5. The van der Waals surface area contributed by atoms with E-state index in [1.807, 2.05) is 45.0 Å². The van der Waals surface area contributed by atoms with E-state index in [0.717, 1.165) is 22.4 Å². The Hall–Kier alpha value is -1.80. The second-order valence-electron chi connectivity index (χ2n) is 4.74. The van der Waals surface area contributed by atoms with E-state index >= 15 is 0 Å². The first-order chi connectivity index (χ1) is 8.97. The van der Waals surface area contributed by atoms with Crippen molar-refractivity contribution in [3.63, 3.8) is 0 Å². The average Bonchev–Trinajstić information content (AvgIpc) is 2.33. The van der Waals surface area contributed by atoms with Gasteiger partial charge in [0.05, 0.1) is 0 Å². The van der Waals surface area contributed by atoms with Crippen LogP contribution in [-0.2, 0) is 0 Å². The van der Waals surface area contributed by atoms with E-state index in [-0.39, 0.29) is 5.91 Å². The van der Waals surface area contributed by atoms with E-state index in [0.29, 0.717) is 10.6 Å². The van der Waals surface area contributed by atoms with Crippen LogP contribution < -0.4 is 5.32 Å². The molecule has 0 atom stereocenters. The molecule has 0 aliphatic carbocycles. The summed E-state index contributed by atoms with van der Waals surface area (Å²) in [5.74, 6) is -0.0979. The smallest absolute Gasteiger partial charge is 0.255 e. The lowest BCUT2D eigenvalue weighted by molar-refractivity contribution is 0.102. The highest BCUT2D eigenvalue weighted by Gasteiger charge is 2.09. The normalized spacial score (nSPS) is 10.3. The molecule has 0 aromatic heterocycles. The van der Waals surface area contributed by atoms with Crippen LogP contribution in [0.5, 0.6) is 0 Å². The number of hydrogen-bond acceptors (Lipinski definition) is 1. The fourth-order valence-electron chi connectivity index (χ4n) is 1.99. The number of amides is 1. The SMILES string of the molecule is Cc1ccc(C(=O)Nc2ccc(Cl)c(C)c2)c(C)c1. The van der Waals surface area contributed by atoms with Crippen LogP contribution in [0.2, 0.25) is 5.02 Å². The van der Waals surface area contributed by atoms with Crippen LogP contribution in [0, 0.1) is 20.8 Å². The number of carbonyl (C=O) groups excluding carboxylic acids is 1.